The third kappa shape index (κ3) is 4.98. The van der Waals surface area contributed by atoms with Gasteiger partial charge in [0.2, 0.25) is 11.8 Å². The van der Waals surface area contributed by atoms with Crippen molar-refractivity contribution in [3.8, 4) is 5.75 Å². The lowest BCUT2D eigenvalue weighted by Gasteiger charge is -2.24. The van der Waals surface area contributed by atoms with Gasteiger partial charge in [-0.05, 0) is 36.0 Å². The molecule has 2 amide bonds. The molecule has 1 aliphatic rings. The second kappa shape index (κ2) is 7.69. The van der Waals surface area contributed by atoms with Crippen LogP contribution < -0.4 is 5.32 Å². The van der Waals surface area contributed by atoms with Crippen LogP contribution in [0, 0.1) is 0 Å². The molecule has 1 heterocycles. The van der Waals surface area contributed by atoms with E-state index in [0.29, 0.717) is 18.7 Å². The SMILES string of the molecule is CC(C)(C)c1ccc(O)c(NC(=O)CN2CCCCCCC2=O)c1. The molecule has 0 aromatic heterocycles. The zero-order chi connectivity index (χ0) is 17.7. The Bertz CT molecular complexity index is 605. The normalized spacial score (nSPS) is 16.5. The summed E-state index contributed by atoms with van der Waals surface area (Å²) in [5.74, 6) is -0.196. The fourth-order valence-electron chi connectivity index (χ4n) is 2.85. The first-order chi connectivity index (χ1) is 11.3. The number of phenols is 1. The van der Waals surface area contributed by atoms with Gasteiger partial charge in [0, 0.05) is 13.0 Å². The van der Waals surface area contributed by atoms with Crippen molar-refractivity contribution in [1.82, 2.24) is 4.90 Å². The van der Waals surface area contributed by atoms with E-state index in [9.17, 15) is 14.7 Å². The smallest absolute Gasteiger partial charge is 0.244 e. The van der Waals surface area contributed by atoms with Gasteiger partial charge in [-0.25, -0.2) is 0 Å². The van der Waals surface area contributed by atoms with Crippen LogP contribution in [-0.2, 0) is 15.0 Å². The topological polar surface area (TPSA) is 69.6 Å². The fraction of sp³-hybridized carbons (Fsp3) is 0.579. The molecule has 0 aliphatic carbocycles. The van der Waals surface area contributed by atoms with Crippen LogP contribution in [0.15, 0.2) is 18.2 Å². The van der Waals surface area contributed by atoms with Gasteiger partial charge in [0.1, 0.15) is 5.75 Å². The summed E-state index contributed by atoms with van der Waals surface area (Å²) in [4.78, 5) is 26.0. The van der Waals surface area contributed by atoms with Crippen molar-refractivity contribution >= 4 is 17.5 Å². The van der Waals surface area contributed by atoms with Crippen molar-refractivity contribution in [1.29, 1.82) is 0 Å². The lowest BCUT2D eigenvalue weighted by molar-refractivity contribution is -0.135. The summed E-state index contributed by atoms with van der Waals surface area (Å²) in [5, 5.41) is 12.7. The van der Waals surface area contributed by atoms with Gasteiger partial charge < -0.3 is 15.3 Å². The first-order valence-electron chi connectivity index (χ1n) is 8.68. The van der Waals surface area contributed by atoms with Gasteiger partial charge in [0.15, 0.2) is 0 Å². The summed E-state index contributed by atoms with van der Waals surface area (Å²) in [6.45, 7) is 6.88. The minimum atomic E-state index is -0.273. The van der Waals surface area contributed by atoms with Gasteiger partial charge in [-0.2, -0.15) is 0 Å². The molecule has 1 aromatic carbocycles. The summed E-state index contributed by atoms with van der Waals surface area (Å²) in [7, 11) is 0. The number of hydrogen-bond donors (Lipinski definition) is 2. The van der Waals surface area contributed by atoms with Crippen LogP contribution in [0.4, 0.5) is 5.69 Å². The quantitative estimate of drug-likeness (QED) is 0.833. The van der Waals surface area contributed by atoms with E-state index < -0.39 is 0 Å². The number of amides is 2. The highest BCUT2D eigenvalue weighted by Gasteiger charge is 2.20. The Kier molecular flexibility index (Phi) is 5.86. The van der Waals surface area contributed by atoms with Crippen molar-refractivity contribution in [3.63, 3.8) is 0 Å². The van der Waals surface area contributed by atoms with Crippen LogP contribution in [0.1, 0.15) is 58.4 Å². The van der Waals surface area contributed by atoms with E-state index in [0.717, 1.165) is 31.2 Å². The predicted molar refractivity (Wildman–Crippen MR) is 95.1 cm³/mol. The average molecular weight is 332 g/mol. The Labute approximate surface area is 144 Å². The molecule has 2 N–H and O–H groups in total. The molecule has 5 nitrogen and oxygen atoms in total. The summed E-state index contributed by atoms with van der Waals surface area (Å²) in [6.07, 6.45) is 4.52. The van der Waals surface area contributed by atoms with Crippen molar-refractivity contribution in [3.05, 3.63) is 23.8 Å². The molecule has 2 rings (SSSR count). The number of anilines is 1. The molecule has 1 aromatic rings. The first kappa shape index (κ1) is 18.3. The molecule has 0 bridgehead atoms. The molecule has 0 unspecified atom stereocenters. The Balaban J connectivity index is 2.04. The molecular formula is C19H28N2O3. The number of hydrogen-bond acceptors (Lipinski definition) is 3. The van der Waals surface area contributed by atoms with E-state index in [1.54, 1.807) is 17.0 Å². The maximum atomic E-state index is 12.3. The van der Waals surface area contributed by atoms with E-state index in [4.69, 9.17) is 0 Å². The van der Waals surface area contributed by atoms with Crippen LogP contribution in [0.25, 0.3) is 0 Å². The number of likely N-dealkylation sites (tertiary alicyclic amines) is 1. The number of carbonyl (C=O) groups is 2. The zero-order valence-electron chi connectivity index (χ0n) is 14.9. The Morgan fingerprint density at radius 2 is 1.92 bits per heavy atom. The van der Waals surface area contributed by atoms with Crippen molar-refractivity contribution in [2.24, 2.45) is 0 Å². The highest BCUT2D eigenvalue weighted by molar-refractivity contribution is 5.95. The van der Waals surface area contributed by atoms with Gasteiger partial charge in [-0.15, -0.1) is 0 Å². The van der Waals surface area contributed by atoms with Crippen LogP contribution in [0.3, 0.4) is 0 Å². The minimum absolute atomic E-state index is 0.0374. The van der Waals surface area contributed by atoms with Gasteiger partial charge in [-0.1, -0.05) is 39.7 Å². The third-order valence-electron chi connectivity index (χ3n) is 4.39. The maximum Gasteiger partial charge on any atom is 0.244 e. The molecule has 0 radical (unpaired) electrons. The standard InChI is InChI=1S/C19H28N2O3/c1-19(2,3)14-9-10-16(22)15(12-14)20-17(23)13-21-11-7-5-4-6-8-18(21)24/h9-10,12,22H,4-8,11,13H2,1-3H3,(H,20,23). The van der Waals surface area contributed by atoms with Crippen molar-refractivity contribution < 1.29 is 14.7 Å². The lowest BCUT2D eigenvalue weighted by atomic mass is 9.87. The minimum Gasteiger partial charge on any atom is -0.506 e. The largest absolute Gasteiger partial charge is 0.506 e. The molecule has 0 saturated carbocycles. The molecule has 5 heteroatoms. The van der Waals surface area contributed by atoms with E-state index in [-0.39, 0.29) is 29.5 Å². The average Bonchev–Trinajstić information content (AvgIpc) is 2.48. The molecule has 132 valence electrons. The molecule has 1 aliphatic heterocycles. The summed E-state index contributed by atoms with van der Waals surface area (Å²) in [6, 6.07) is 5.24. The number of nitrogens with zero attached hydrogens (tertiary/aromatic N) is 1. The molecule has 1 saturated heterocycles. The Hall–Kier alpha value is -2.04. The summed E-state index contributed by atoms with van der Waals surface area (Å²) in [5.41, 5.74) is 1.34. The number of aromatic hydroxyl groups is 1. The fourth-order valence-corrected chi connectivity index (χ4v) is 2.85. The number of benzene rings is 1. The van der Waals surface area contributed by atoms with Gasteiger partial charge in [0.05, 0.1) is 12.2 Å². The van der Waals surface area contributed by atoms with E-state index in [2.05, 4.69) is 26.1 Å². The highest BCUT2D eigenvalue weighted by atomic mass is 16.3. The number of carbonyl (C=O) groups excluding carboxylic acids is 2. The van der Waals surface area contributed by atoms with Crippen LogP contribution in [0.5, 0.6) is 5.75 Å². The second-order valence-corrected chi connectivity index (χ2v) is 7.51. The molecule has 0 atom stereocenters. The van der Waals surface area contributed by atoms with Crippen molar-refractivity contribution in [2.75, 3.05) is 18.4 Å². The predicted octanol–water partition coefficient (Wildman–Crippen LogP) is 3.42. The number of phenolic OH excluding ortho intramolecular Hbond substituents is 1. The third-order valence-corrected chi connectivity index (χ3v) is 4.39. The van der Waals surface area contributed by atoms with E-state index >= 15 is 0 Å². The van der Waals surface area contributed by atoms with E-state index in [1.165, 1.54) is 0 Å². The lowest BCUT2D eigenvalue weighted by Crippen LogP contribution is -2.39. The van der Waals surface area contributed by atoms with Crippen LogP contribution >= 0.6 is 0 Å². The highest BCUT2D eigenvalue weighted by Crippen LogP contribution is 2.30. The number of nitrogens with one attached hydrogen (secondary N) is 1. The Morgan fingerprint density at radius 1 is 1.21 bits per heavy atom. The van der Waals surface area contributed by atoms with Gasteiger partial charge in [-0.3, -0.25) is 9.59 Å². The van der Waals surface area contributed by atoms with Gasteiger partial charge >= 0.3 is 0 Å². The summed E-state index contributed by atoms with van der Waals surface area (Å²) < 4.78 is 0. The van der Waals surface area contributed by atoms with Crippen molar-refractivity contribution in [2.45, 2.75) is 58.3 Å². The number of rotatable bonds is 3. The van der Waals surface area contributed by atoms with Gasteiger partial charge in [0.25, 0.3) is 0 Å². The molecular weight excluding hydrogens is 304 g/mol. The van der Waals surface area contributed by atoms with E-state index in [1.807, 2.05) is 6.07 Å². The van der Waals surface area contributed by atoms with Crippen LogP contribution in [-0.4, -0.2) is 34.9 Å². The maximum absolute atomic E-state index is 12.3. The monoisotopic (exact) mass is 332 g/mol. The van der Waals surface area contributed by atoms with Crippen LogP contribution in [0.2, 0.25) is 0 Å². The first-order valence-corrected chi connectivity index (χ1v) is 8.68. The molecule has 24 heavy (non-hydrogen) atoms. The molecule has 1 fully saturated rings. The zero-order valence-corrected chi connectivity index (χ0v) is 14.9. The summed E-state index contributed by atoms with van der Waals surface area (Å²) >= 11 is 0. The Morgan fingerprint density at radius 3 is 2.62 bits per heavy atom. The molecule has 0 spiro atoms. The second-order valence-electron chi connectivity index (χ2n) is 7.51.